The van der Waals surface area contributed by atoms with E-state index in [1.165, 1.54) is 44.5 Å². The molecule has 1 saturated heterocycles. The zero-order valence-corrected chi connectivity index (χ0v) is 15.0. The molecule has 1 aliphatic rings. The van der Waals surface area contributed by atoms with Crippen molar-refractivity contribution in [1.82, 2.24) is 9.80 Å². The number of rotatable bonds is 7. The van der Waals surface area contributed by atoms with Crippen LogP contribution in [0.25, 0.3) is 0 Å². The van der Waals surface area contributed by atoms with Crippen molar-refractivity contribution >= 4 is 0 Å². The van der Waals surface area contributed by atoms with Crippen LogP contribution in [0.3, 0.4) is 0 Å². The third-order valence-corrected chi connectivity index (χ3v) is 5.08. The summed E-state index contributed by atoms with van der Waals surface area (Å²) in [5.41, 5.74) is 1.45. The molecule has 22 heavy (non-hydrogen) atoms. The molecule has 1 heterocycles. The molecule has 1 aromatic rings. The molecule has 1 aliphatic heterocycles. The Bertz CT molecular complexity index is 397. The summed E-state index contributed by atoms with van der Waals surface area (Å²) < 4.78 is 0. The molecule has 0 saturated carbocycles. The summed E-state index contributed by atoms with van der Waals surface area (Å²) in [7, 11) is 0. The molecule has 0 unspecified atom stereocenters. The highest BCUT2D eigenvalue weighted by atomic mass is 15.2. The molecular formula is C20H34N2. The van der Waals surface area contributed by atoms with Crippen LogP contribution in [0.2, 0.25) is 0 Å². The number of nitrogens with zero attached hydrogens (tertiary/aromatic N) is 2. The number of hydrogen-bond donors (Lipinski definition) is 0. The fraction of sp³-hybridized carbons (Fsp3) is 0.700. The van der Waals surface area contributed by atoms with Crippen molar-refractivity contribution in [3.8, 4) is 0 Å². The lowest BCUT2D eigenvalue weighted by Gasteiger charge is -2.35. The van der Waals surface area contributed by atoms with E-state index in [1.54, 1.807) is 0 Å². The van der Waals surface area contributed by atoms with Gasteiger partial charge in [-0.2, -0.15) is 0 Å². The summed E-state index contributed by atoms with van der Waals surface area (Å²) in [5, 5.41) is 0. The van der Waals surface area contributed by atoms with Crippen LogP contribution in [0.1, 0.15) is 52.5 Å². The molecule has 1 aromatic carbocycles. The van der Waals surface area contributed by atoms with Crippen molar-refractivity contribution < 1.29 is 0 Å². The first-order valence-corrected chi connectivity index (χ1v) is 9.08. The molecule has 0 atom stereocenters. The second-order valence-electron chi connectivity index (χ2n) is 7.42. The molecule has 0 amide bonds. The molecule has 2 rings (SSSR count). The van der Waals surface area contributed by atoms with Crippen molar-refractivity contribution in [3.63, 3.8) is 0 Å². The molecule has 0 aromatic heterocycles. The highest BCUT2D eigenvalue weighted by Gasteiger charge is 2.21. The Morgan fingerprint density at radius 1 is 1.00 bits per heavy atom. The molecule has 2 heteroatoms. The monoisotopic (exact) mass is 302 g/mol. The summed E-state index contributed by atoms with van der Waals surface area (Å²) in [6.07, 6.45) is 4.11. The summed E-state index contributed by atoms with van der Waals surface area (Å²) in [6.45, 7) is 14.2. The Kier molecular flexibility index (Phi) is 6.91. The van der Waals surface area contributed by atoms with Crippen molar-refractivity contribution in [3.05, 3.63) is 35.9 Å². The molecule has 2 nitrogen and oxygen atoms in total. The van der Waals surface area contributed by atoms with Gasteiger partial charge in [-0.15, -0.1) is 0 Å². The maximum atomic E-state index is 2.64. The lowest BCUT2D eigenvalue weighted by Crippen LogP contribution is -2.39. The average Bonchev–Trinajstić information content (AvgIpc) is 2.49. The smallest absolute Gasteiger partial charge is 0.0233 e. The average molecular weight is 303 g/mol. The largest absolute Gasteiger partial charge is 0.299 e. The normalized spacial score (nSPS) is 17.8. The van der Waals surface area contributed by atoms with Crippen LogP contribution in [0.5, 0.6) is 0 Å². The Morgan fingerprint density at radius 3 is 2.14 bits per heavy atom. The number of likely N-dealkylation sites (tertiary alicyclic amines) is 1. The molecule has 0 aliphatic carbocycles. The van der Waals surface area contributed by atoms with E-state index in [2.05, 4.69) is 67.8 Å². The molecule has 1 fully saturated rings. The van der Waals surface area contributed by atoms with E-state index in [1.807, 2.05) is 0 Å². The van der Waals surface area contributed by atoms with Gasteiger partial charge in [0.1, 0.15) is 0 Å². The van der Waals surface area contributed by atoms with Crippen molar-refractivity contribution in [2.75, 3.05) is 19.6 Å². The lowest BCUT2D eigenvalue weighted by atomic mass is 9.92. The van der Waals surface area contributed by atoms with Gasteiger partial charge in [0.15, 0.2) is 0 Å². The number of piperidine rings is 1. The fourth-order valence-electron chi connectivity index (χ4n) is 3.72. The van der Waals surface area contributed by atoms with Gasteiger partial charge in [-0.3, -0.25) is 9.80 Å². The molecule has 0 spiro atoms. The van der Waals surface area contributed by atoms with Crippen LogP contribution >= 0.6 is 0 Å². The van der Waals surface area contributed by atoms with Crippen LogP contribution in [-0.4, -0.2) is 41.5 Å². The summed E-state index contributed by atoms with van der Waals surface area (Å²) in [6, 6.07) is 12.2. The zero-order chi connectivity index (χ0) is 15.9. The van der Waals surface area contributed by atoms with Crippen LogP contribution in [0.4, 0.5) is 0 Å². The Hall–Kier alpha value is -0.860. The maximum absolute atomic E-state index is 2.64. The minimum atomic E-state index is 0.665. The topological polar surface area (TPSA) is 6.48 Å². The highest BCUT2D eigenvalue weighted by Crippen LogP contribution is 2.23. The molecule has 0 bridgehead atoms. The van der Waals surface area contributed by atoms with Gasteiger partial charge in [-0.25, -0.2) is 0 Å². The van der Waals surface area contributed by atoms with Crippen LogP contribution in [-0.2, 0) is 6.54 Å². The molecule has 0 radical (unpaired) electrons. The van der Waals surface area contributed by atoms with E-state index >= 15 is 0 Å². The summed E-state index contributed by atoms with van der Waals surface area (Å²) in [5.74, 6) is 0.923. The maximum Gasteiger partial charge on any atom is 0.0233 e. The van der Waals surface area contributed by atoms with Gasteiger partial charge in [-0.05, 0) is 78.1 Å². The summed E-state index contributed by atoms with van der Waals surface area (Å²) in [4.78, 5) is 5.25. The lowest BCUT2D eigenvalue weighted by molar-refractivity contribution is 0.132. The number of benzene rings is 1. The first-order chi connectivity index (χ1) is 10.6. The fourth-order valence-corrected chi connectivity index (χ4v) is 3.72. The van der Waals surface area contributed by atoms with Gasteiger partial charge in [0, 0.05) is 18.6 Å². The number of hydrogen-bond acceptors (Lipinski definition) is 2. The second kappa shape index (κ2) is 8.69. The predicted molar refractivity (Wildman–Crippen MR) is 96.0 cm³/mol. The SMILES string of the molecule is CC(C)N(CCC1CCN(Cc2ccccc2)CC1)C(C)C. The van der Waals surface area contributed by atoms with Gasteiger partial charge < -0.3 is 0 Å². The minimum absolute atomic E-state index is 0.665. The minimum Gasteiger partial charge on any atom is -0.299 e. The van der Waals surface area contributed by atoms with E-state index in [9.17, 15) is 0 Å². The summed E-state index contributed by atoms with van der Waals surface area (Å²) >= 11 is 0. The van der Waals surface area contributed by atoms with E-state index < -0.39 is 0 Å². The quantitative estimate of drug-likeness (QED) is 0.736. The van der Waals surface area contributed by atoms with E-state index in [4.69, 9.17) is 0 Å². The molecule has 0 N–H and O–H groups in total. The molecule has 124 valence electrons. The standard InChI is InChI=1S/C20H34N2/c1-17(2)22(18(3)4)15-12-19-10-13-21(14-11-19)16-20-8-6-5-7-9-20/h5-9,17-19H,10-16H2,1-4H3. The van der Waals surface area contributed by atoms with Crippen molar-refractivity contribution in [2.45, 2.75) is 65.6 Å². The van der Waals surface area contributed by atoms with E-state index in [0.29, 0.717) is 12.1 Å². The first kappa shape index (κ1) is 17.5. The third-order valence-electron chi connectivity index (χ3n) is 5.08. The zero-order valence-electron chi connectivity index (χ0n) is 15.0. The van der Waals surface area contributed by atoms with Gasteiger partial charge in [0.2, 0.25) is 0 Å². The van der Waals surface area contributed by atoms with Crippen LogP contribution in [0, 0.1) is 5.92 Å². The Morgan fingerprint density at radius 2 is 1.59 bits per heavy atom. The predicted octanol–water partition coefficient (Wildman–Crippen LogP) is 4.41. The van der Waals surface area contributed by atoms with Crippen LogP contribution < -0.4 is 0 Å². The van der Waals surface area contributed by atoms with E-state index in [-0.39, 0.29) is 0 Å². The first-order valence-electron chi connectivity index (χ1n) is 9.08. The van der Waals surface area contributed by atoms with Gasteiger partial charge in [0.25, 0.3) is 0 Å². The van der Waals surface area contributed by atoms with Crippen molar-refractivity contribution in [2.24, 2.45) is 5.92 Å². The Balaban J connectivity index is 1.71. The molecular weight excluding hydrogens is 268 g/mol. The van der Waals surface area contributed by atoms with E-state index in [0.717, 1.165) is 12.5 Å². The van der Waals surface area contributed by atoms with Gasteiger partial charge >= 0.3 is 0 Å². The third kappa shape index (κ3) is 5.40. The second-order valence-corrected chi connectivity index (χ2v) is 7.42. The van der Waals surface area contributed by atoms with Crippen LogP contribution in [0.15, 0.2) is 30.3 Å². The van der Waals surface area contributed by atoms with Gasteiger partial charge in [-0.1, -0.05) is 30.3 Å². The van der Waals surface area contributed by atoms with Gasteiger partial charge in [0.05, 0.1) is 0 Å². The Labute approximate surface area is 137 Å². The van der Waals surface area contributed by atoms with Crippen molar-refractivity contribution in [1.29, 1.82) is 0 Å². The highest BCUT2D eigenvalue weighted by molar-refractivity contribution is 5.14.